The molecule has 0 saturated carbocycles. The number of halogens is 1. The quantitative estimate of drug-likeness (QED) is 0.731. The highest BCUT2D eigenvalue weighted by atomic mass is 32.1. The molecule has 3 aromatic rings. The lowest BCUT2D eigenvalue weighted by molar-refractivity contribution is 0.222. The highest BCUT2D eigenvalue weighted by Gasteiger charge is 2.15. The monoisotopic (exact) mass is 272 g/mol. The second kappa shape index (κ2) is 4.76. The summed E-state index contributed by atoms with van der Waals surface area (Å²) >= 11 is 1.61. The molecular formula is C16H13FOS. The van der Waals surface area contributed by atoms with E-state index in [1.165, 1.54) is 6.07 Å². The van der Waals surface area contributed by atoms with Crippen LogP contribution in [-0.2, 0) is 0 Å². The van der Waals surface area contributed by atoms with E-state index in [-0.39, 0.29) is 5.82 Å². The predicted molar refractivity (Wildman–Crippen MR) is 77.0 cm³/mol. The molecular weight excluding hydrogens is 259 g/mol. The lowest BCUT2D eigenvalue weighted by Crippen LogP contribution is -2.00. The van der Waals surface area contributed by atoms with Crippen molar-refractivity contribution in [1.82, 2.24) is 0 Å². The number of aliphatic hydroxyl groups is 1. The lowest BCUT2D eigenvalue weighted by Gasteiger charge is -2.13. The number of aryl methyl sites for hydroxylation is 1. The first kappa shape index (κ1) is 12.3. The average molecular weight is 272 g/mol. The third-order valence-corrected chi connectivity index (χ3v) is 4.28. The number of thiophene rings is 1. The van der Waals surface area contributed by atoms with E-state index in [0.29, 0.717) is 5.56 Å². The van der Waals surface area contributed by atoms with Gasteiger partial charge in [0.1, 0.15) is 11.9 Å². The Morgan fingerprint density at radius 2 is 2.00 bits per heavy atom. The minimum absolute atomic E-state index is 0.245. The topological polar surface area (TPSA) is 20.2 Å². The number of rotatable bonds is 2. The second-order valence-corrected chi connectivity index (χ2v) is 5.51. The van der Waals surface area contributed by atoms with Gasteiger partial charge in [0.15, 0.2) is 0 Å². The first-order chi connectivity index (χ1) is 9.16. The summed E-state index contributed by atoms with van der Waals surface area (Å²) in [6, 6.07) is 12.7. The maximum atomic E-state index is 13.3. The molecule has 1 unspecified atom stereocenters. The van der Waals surface area contributed by atoms with Crippen LogP contribution in [-0.4, -0.2) is 5.11 Å². The van der Waals surface area contributed by atoms with Crippen LogP contribution in [0.2, 0.25) is 0 Å². The lowest BCUT2D eigenvalue weighted by atomic mass is 9.99. The van der Waals surface area contributed by atoms with Gasteiger partial charge in [0, 0.05) is 10.3 Å². The molecule has 0 radical (unpaired) electrons. The summed E-state index contributed by atoms with van der Waals surface area (Å²) in [5.74, 6) is -0.245. The van der Waals surface area contributed by atoms with Gasteiger partial charge in [-0.05, 0) is 40.9 Å². The van der Waals surface area contributed by atoms with Gasteiger partial charge < -0.3 is 5.11 Å². The highest BCUT2D eigenvalue weighted by molar-refractivity contribution is 7.17. The van der Waals surface area contributed by atoms with E-state index in [2.05, 4.69) is 0 Å². The highest BCUT2D eigenvalue weighted by Crippen LogP contribution is 2.32. The van der Waals surface area contributed by atoms with E-state index in [0.717, 1.165) is 21.2 Å². The summed E-state index contributed by atoms with van der Waals surface area (Å²) in [5, 5.41) is 13.6. The Bertz CT molecular complexity index is 732. The van der Waals surface area contributed by atoms with Crippen LogP contribution in [0.15, 0.2) is 47.8 Å². The molecule has 1 aromatic heterocycles. The number of hydrogen-bond donors (Lipinski definition) is 1. The van der Waals surface area contributed by atoms with Gasteiger partial charge in [0.2, 0.25) is 0 Å². The van der Waals surface area contributed by atoms with Crippen LogP contribution in [0.25, 0.3) is 10.1 Å². The van der Waals surface area contributed by atoms with Crippen molar-refractivity contribution in [3.8, 4) is 0 Å². The van der Waals surface area contributed by atoms with Crippen LogP contribution >= 0.6 is 11.3 Å². The molecule has 1 N–H and O–H groups in total. The maximum absolute atomic E-state index is 13.3. The van der Waals surface area contributed by atoms with Crippen molar-refractivity contribution in [2.75, 3.05) is 0 Å². The summed E-state index contributed by atoms with van der Waals surface area (Å²) in [6.45, 7) is 1.71. The molecule has 2 aromatic carbocycles. The molecule has 0 saturated heterocycles. The molecule has 0 aliphatic heterocycles. The summed E-state index contributed by atoms with van der Waals surface area (Å²) in [7, 11) is 0. The van der Waals surface area contributed by atoms with Crippen LogP contribution in [0.1, 0.15) is 22.8 Å². The van der Waals surface area contributed by atoms with Gasteiger partial charge in [-0.15, -0.1) is 11.3 Å². The molecule has 0 aliphatic rings. The second-order valence-electron chi connectivity index (χ2n) is 4.60. The first-order valence-corrected chi connectivity index (χ1v) is 6.95. The molecule has 1 heterocycles. The normalized spacial score (nSPS) is 12.8. The van der Waals surface area contributed by atoms with Gasteiger partial charge in [-0.3, -0.25) is 0 Å². The minimum Gasteiger partial charge on any atom is -0.384 e. The zero-order valence-electron chi connectivity index (χ0n) is 10.4. The van der Waals surface area contributed by atoms with E-state index in [1.54, 1.807) is 30.4 Å². The SMILES string of the molecule is Cc1cc(C(O)c2cccc3ccsc23)ccc1F. The fourth-order valence-electron chi connectivity index (χ4n) is 2.25. The van der Waals surface area contributed by atoms with Crippen LogP contribution in [0, 0.1) is 12.7 Å². The third-order valence-electron chi connectivity index (χ3n) is 3.30. The Morgan fingerprint density at radius 3 is 2.79 bits per heavy atom. The Balaban J connectivity index is 2.10. The molecule has 0 spiro atoms. The molecule has 0 amide bonds. The van der Waals surface area contributed by atoms with Gasteiger partial charge in [0.25, 0.3) is 0 Å². The largest absolute Gasteiger partial charge is 0.384 e. The third kappa shape index (κ3) is 2.15. The van der Waals surface area contributed by atoms with E-state index in [9.17, 15) is 9.50 Å². The van der Waals surface area contributed by atoms with E-state index in [4.69, 9.17) is 0 Å². The molecule has 1 nitrogen and oxygen atoms in total. The van der Waals surface area contributed by atoms with E-state index < -0.39 is 6.10 Å². The van der Waals surface area contributed by atoms with Gasteiger partial charge >= 0.3 is 0 Å². The number of benzene rings is 2. The predicted octanol–water partition coefficient (Wildman–Crippen LogP) is 4.43. The van der Waals surface area contributed by atoms with E-state index >= 15 is 0 Å². The zero-order chi connectivity index (χ0) is 13.4. The van der Waals surface area contributed by atoms with Crippen molar-refractivity contribution in [2.45, 2.75) is 13.0 Å². The average Bonchev–Trinajstić information content (AvgIpc) is 2.89. The minimum atomic E-state index is -0.721. The van der Waals surface area contributed by atoms with Gasteiger partial charge in [0.05, 0.1) is 0 Å². The summed E-state index contributed by atoms with van der Waals surface area (Å²) in [6.07, 6.45) is -0.721. The fraction of sp³-hybridized carbons (Fsp3) is 0.125. The van der Waals surface area contributed by atoms with Gasteiger partial charge in [-0.2, -0.15) is 0 Å². The fourth-order valence-corrected chi connectivity index (χ4v) is 3.19. The zero-order valence-corrected chi connectivity index (χ0v) is 11.2. The molecule has 19 heavy (non-hydrogen) atoms. The van der Waals surface area contributed by atoms with Crippen molar-refractivity contribution < 1.29 is 9.50 Å². The smallest absolute Gasteiger partial charge is 0.126 e. The summed E-state index contributed by atoms with van der Waals surface area (Å²) < 4.78 is 14.4. The Morgan fingerprint density at radius 1 is 1.16 bits per heavy atom. The van der Waals surface area contributed by atoms with Crippen LogP contribution in [0.3, 0.4) is 0 Å². The maximum Gasteiger partial charge on any atom is 0.126 e. The van der Waals surface area contributed by atoms with Gasteiger partial charge in [-0.25, -0.2) is 4.39 Å². The van der Waals surface area contributed by atoms with Crippen LogP contribution in [0.5, 0.6) is 0 Å². The van der Waals surface area contributed by atoms with Crippen LogP contribution < -0.4 is 0 Å². The van der Waals surface area contributed by atoms with Gasteiger partial charge in [-0.1, -0.05) is 30.3 Å². The molecule has 3 heteroatoms. The standard InChI is InChI=1S/C16H13FOS/c1-10-9-12(5-6-14(10)17)15(18)13-4-2-3-11-7-8-19-16(11)13/h2-9,15,18H,1H3. The molecule has 1 atom stereocenters. The van der Waals surface area contributed by atoms with Crippen molar-refractivity contribution in [3.63, 3.8) is 0 Å². The molecule has 0 aliphatic carbocycles. The first-order valence-electron chi connectivity index (χ1n) is 6.07. The Hall–Kier alpha value is -1.71. The van der Waals surface area contributed by atoms with Crippen LogP contribution in [0.4, 0.5) is 4.39 Å². The summed E-state index contributed by atoms with van der Waals surface area (Å²) in [5.41, 5.74) is 2.15. The molecule has 0 fully saturated rings. The number of fused-ring (bicyclic) bond motifs is 1. The van der Waals surface area contributed by atoms with Crippen molar-refractivity contribution in [2.24, 2.45) is 0 Å². The number of aliphatic hydroxyl groups excluding tert-OH is 1. The van der Waals surface area contributed by atoms with E-state index in [1.807, 2.05) is 29.6 Å². The molecule has 96 valence electrons. The molecule has 3 rings (SSSR count). The Labute approximate surface area is 115 Å². The van der Waals surface area contributed by atoms with Crippen molar-refractivity contribution >= 4 is 21.4 Å². The Kier molecular flexibility index (Phi) is 3.09. The van der Waals surface area contributed by atoms with Crippen molar-refractivity contribution in [3.05, 3.63) is 70.4 Å². The molecule has 0 bridgehead atoms. The number of hydrogen-bond acceptors (Lipinski definition) is 2. The summed E-state index contributed by atoms with van der Waals surface area (Å²) in [4.78, 5) is 0. The van der Waals surface area contributed by atoms with Crippen molar-refractivity contribution in [1.29, 1.82) is 0 Å².